The largest absolute Gasteiger partial charge is 0.497 e. The van der Waals surface area contributed by atoms with Crippen LogP contribution < -0.4 is 29.2 Å². The fraction of sp³-hybridized carbons (Fsp3) is 0.426. The molecule has 8 heteroatoms. The molecule has 0 saturated carbocycles. The minimum Gasteiger partial charge on any atom is -0.497 e. The first kappa shape index (κ1) is 42.8. The minimum atomic E-state index is 0.130. The molecule has 1 aromatic heterocycles. The second kappa shape index (κ2) is 21.8. The van der Waals surface area contributed by atoms with Gasteiger partial charge in [-0.15, -0.1) is 0 Å². The Morgan fingerprint density at radius 1 is 0.818 bits per heavy atom. The number of aryl methyl sites for hydroxylation is 2. The number of likely N-dealkylation sites (tertiary alicyclic amines) is 1. The van der Waals surface area contributed by atoms with E-state index < -0.39 is 0 Å². The smallest absolute Gasteiger partial charge is 0.163 e. The van der Waals surface area contributed by atoms with Crippen LogP contribution in [0.4, 0.5) is 5.69 Å². The first-order chi connectivity index (χ1) is 26.9. The van der Waals surface area contributed by atoms with Crippen LogP contribution in [0.15, 0.2) is 96.9 Å². The van der Waals surface area contributed by atoms with Gasteiger partial charge in [-0.05, 0) is 121 Å². The molecule has 1 saturated heterocycles. The van der Waals surface area contributed by atoms with Crippen molar-refractivity contribution in [2.75, 3.05) is 53.0 Å². The number of pyridine rings is 1. The van der Waals surface area contributed by atoms with Crippen LogP contribution in [0.2, 0.25) is 0 Å². The molecule has 1 atom stereocenters. The zero-order valence-electron chi connectivity index (χ0n) is 34.9. The molecule has 1 N–H and O–H groups in total. The van der Waals surface area contributed by atoms with E-state index in [2.05, 4.69) is 108 Å². The van der Waals surface area contributed by atoms with E-state index in [4.69, 9.17) is 23.9 Å². The third-order valence-corrected chi connectivity index (χ3v) is 10.1. The molecule has 8 nitrogen and oxygen atoms in total. The summed E-state index contributed by atoms with van der Waals surface area (Å²) in [4.78, 5) is 9.96. The van der Waals surface area contributed by atoms with Crippen molar-refractivity contribution in [3.8, 4) is 34.3 Å². The predicted octanol–water partition coefficient (Wildman–Crippen LogP) is 10.4. The van der Waals surface area contributed by atoms with Gasteiger partial charge in [0, 0.05) is 49.7 Å². The Morgan fingerprint density at radius 2 is 1.55 bits per heavy atom. The van der Waals surface area contributed by atoms with E-state index in [1.54, 1.807) is 28.4 Å². The number of nitrogens with zero attached hydrogens (tertiary/aromatic N) is 3. The Balaban J connectivity index is 0.00000163. The summed E-state index contributed by atoms with van der Waals surface area (Å²) in [6.07, 6.45) is 12.6. The Kier molecular flexibility index (Phi) is 17.0. The van der Waals surface area contributed by atoms with Gasteiger partial charge in [0.25, 0.3) is 0 Å². The van der Waals surface area contributed by atoms with E-state index in [1.807, 2.05) is 40.0 Å². The van der Waals surface area contributed by atoms with Crippen LogP contribution in [0.3, 0.4) is 0 Å². The van der Waals surface area contributed by atoms with E-state index in [9.17, 15) is 0 Å². The summed E-state index contributed by atoms with van der Waals surface area (Å²) < 4.78 is 22.6. The molecule has 2 aliphatic heterocycles. The molecule has 3 aromatic carbocycles. The number of aromatic nitrogens is 1. The van der Waals surface area contributed by atoms with Gasteiger partial charge in [-0.3, -0.25) is 9.88 Å². The van der Waals surface area contributed by atoms with Gasteiger partial charge >= 0.3 is 0 Å². The number of anilines is 1. The summed E-state index contributed by atoms with van der Waals surface area (Å²) in [6, 6.07) is 24.1. The first-order valence-electron chi connectivity index (χ1n) is 20.0. The molecule has 4 aromatic rings. The highest BCUT2D eigenvalue weighted by Gasteiger charge is 2.26. The van der Waals surface area contributed by atoms with Crippen LogP contribution in [0.5, 0.6) is 23.0 Å². The van der Waals surface area contributed by atoms with E-state index in [-0.39, 0.29) is 6.04 Å². The number of piperidine rings is 1. The third kappa shape index (κ3) is 11.1. The van der Waals surface area contributed by atoms with Gasteiger partial charge in [0.05, 0.1) is 40.2 Å². The SMILES string of the molecule is CC.CC.CCCc1cc(-c2cc(CN(c3ccc(OC)cc3)C3CCN(CC4=CC(c5ccc(C)c(OC)c5)NC=C4)CC3)ccn2)cc(OC)c1OC. The van der Waals surface area contributed by atoms with Crippen LogP contribution in [-0.4, -0.2) is 64.0 Å². The Bertz CT molecular complexity index is 1830. The Labute approximate surface area is 331 Å². The van der Waals surface area contributed by atoms with Crippen molar-refractivity contribution in [1.29, 1.82) is 0 Å². The molecule has 0 radical (unpaired) electrons. The van der Waals surface area contributed by atoms with Gasteiger partial charge in [-0.1, -0.05) is 59.2 Å². The van der Waals surface area contributed by atoms with E-state index in [0.717, 1.165) is 97.2 Å². The van der Waals surface area contributed by atoms with Crippen LogP contribution in [-0.2, 0) is 13.0 Å². The van der Waals surface area contributed by atoms with Crippen LogP contribution in [0, 0.1) is 6.92 Å². The second-order valence-corrected chi connectivity index (χ2v) is 13.5. The van der Waals surface area contributed by atoms with Gasteiger partial charge in [0.2, 0.25) is 0 Å². The second-order valence-electron chi connectivity index (χ2n) is 13.5. The lowest BCUT2D eigenvalue weighted by Gasteiger charge is -2.40. The third-order valence-electron chi connectivity index (χ3n) is 10.1. The van der Waals surface area contributed by atoms with Crippen LogP contribution >= 0.6 is 0 Å². The highest BCUT2D eigenvalue weighted by Crippen LogP contribution is 2.37. The molecule has 3 heterocycles. The molecule has 0 aliphatic carbocycles. The van der Waals surface area contributed by atoms with Crippen LogP contribution in [0.1, 0.15) is 82.2 Å². The van der Waals surface area contributed by atoms with Crippen molar-refractivity contribution in [2.45, 2.75) is 85.9 Å². The minimum absolute atomic E-state index is 0.130. The summed E-state index contributed by atoms with van der Waals surface area (Å²) in [5.41, 5.74) is 9.21. The summed E-state index contributed by atoms with van der Waals surface area (Å²) in [5.74, 6) is 3.32. The highest BCUT2D eigenvalue weighted by molar-refractivity contribution is 5.67. The molecule has 1 fully saturated rings. The van der Waals surface area contributed by atoms with E-state index in [0.29, 0.717) is 6.04 Å². The fourth-order valence-electron chi connectivity index (χ4n) is 7.33. The standard InChI is InChI=1S/C43H52N4O4.2C2H6/c1-7-8-34-25-35(27-42(50-5)43(34)51-6)40-24-32(16-20-45-40)29-47(36-11-13-38(48-3)14-12-36)37-17-21-46(22-18-37)28-31-15-19-44-39(23-31)33-10-9-30(2)41(26-33)49-4;2*1-2/h9-16,19-20,23-27,37,39,44H,7-8,17-18,21-22,28-29H2,1-6H3;2*1-2H3. The maximum Gasteiger partial charge on any atom is 0.163 e. The Morgan fingerprint density at radius 3 is 2.20 bits per heavy atom. The molecular formula is C47H64N4O4. The molecule has 0 spiro atoms. The monoisotopic (exact) mass is 748 g/mol. The number of ether oxygens (including phenoxy) is 4. The predicted molar refractivity (Wildman–Crippen MR) is 229 cm³/mol. The maximum absolute atomic E-state index is 5.74. The summed E-state index contributed by atoms with van der Waals surface area (Å²) >= 11 is 0. The number of nitrogens with one attached hydrogen (secondary N) is 1. The average molecular weight is 749 g/mol. The van der Waals surface area contributed by atoms with Crippen molar-refractivity contribution < 1.29 is 18.9 Å². The number of dihydropyridines is 1. The quantitative estimate of drug-likeness (QED) is 0.137. The normalized spacial score (nSPS) is 15.3. The van der Waals surface area contributed by atoms with E-state index >= 15 is 0 Å². The van der Waals surface area contributed by atoms with Gasteiger partial charge in [-0.25, -0.2) is 0 Å². The molecule has 1 unspecified atom stereocenters. The number of methoxy groups -OCH3 is 4. The number of rotatable bonds is 14. The number of hydrogen-bond donors (Lipinski definition) is 1. The lowest BCUT2D eigenvalue weighted by atomic mass is 9.97. The molecule has 0 amide bonds. The van der Waals surface area contributed by atoms with Crippen molar-refractivity contribution in [2.24, 2.45) is 0 Å². The molecular weight excluding hydrogens is 685 g/mol. The van der Waals surface area contributed by atoms with E-state index in [1.165, 1.54) is 22.4 Å². The molecule has 6 rings (SSSR count). The maximum atomic E-state index is 5.74. The summed E-state index contributed by atoms with van der Waals surface area (Å²) in [6.45, 7) is 16.0. The highest BCUT2D eigenvalue weighted by atomic mass is 16.5. The van der Waals surface area contributed by atoms with Gasteiger partial charge in [0.15, 0.2) is 11.5 Å². The van der Waals surface area contributed by atoms with Crippen LogP contribution in [0.25, 0.3) is 11.3 Å². The lowest BCUT2D eigenvalue weighted by Crippen LogP contribution is -2.45. The van der Waals surface area contributed by atoms with Crippen molar-refractivity contribution >= 4 is 5.69 Å². The number of hydrogen-bond acceptors (Lipinski definition) is 8. The molecule has 2 aliphatic rings. The molecule has 296 valence electrons. The summed E-state index contributed by atoms with van der Waals surface area (Å²) in [7, 11) is 6.85. The Hall–Kier alpha value is -4.95. The lowest BCUT2D eigenvalue weighted by molar-refractivity contribution is 0.224. The van der Waals surface area contributed by atoms with Gasteiger partial charge in [0.1, 0.15) is 11.5 Å². The van der Waals surface area contributed by atoms with Gasteiger partial charge in [-0.2, -0.15) is 0 Å². The summed E-state index contributed by atoms with van der Waals surface area (Å²) in [5, 5.41) is 3.52. The topological polar surface area (TPSA) is 68.3 Å². The fourth-order valence-corrected chi connectivity index (χ4v) is 7.33. The zero-order chi connectivity index (χ0) is 39.7. The van der Waals surface area contributed by atoms with Crippen molar-refractivity contribution in [3.63, 3.8) is 0 Å². The molecule has 55 heavy (non-hydrogen) atoms. The average Bonchev–Trinajstić information content (AvgIpc) is 3.25. The zero-order valence-corrected chi connectivity index (χ0v) is 34.9. The van der Waals surface area contributed by atoms with Crippen molar-refractivity contribution in [3.05, 3.63) is 119 Å². The van der Waals surface area contributed by atoms with Gasteiger partial charge < -0.3 is 29.2 Å². The number of benzene rings is 3. The first-order valence-corrected chi connectivity index (χ1v) is 20.0. The molecule has 0 bridgehead atoms. The van der Waals surface area contributed by atoms with Crippen molar-refractivity contribution in [1.82, 2.24) is 15.2 Å².